The maximum atomic E-state index is 8.56. The fourth-order valence-electron chi connectivity index (χ4n) is 0. The van der Waals surface area contributed by atoms with Crippen LogP contribution in [0, 0.1) is 0 Å². The Bertz CT molecular complexity index is 31.2. The average molecular weight is 430 g/mol. The number of hydrogen-bond acceptors (Lipinski definition) is 6. The van der Waals surface area contributed by atoms with Crippen molar-refractivity contribution in [3.05, 3.63) is 0 Å². The van der Waals surface area contributed by atoms with Crippen molar-refractivity contribution in [3.63, 3.8) is 0 Å². The van der Waals surface area contributed by atoms with E-state index in [4.69, 9.17) is 24.6 Å². The standard InChI is InChI=1S/2AsO3.Ga.In/c2*2-1(3)4;;/q2*-3;2*+3. The Labute approximate surface area is 100 Å². The molecule has 0 aromatic heterocycles. The summed E-state index contributed by atoms with van der Waals surface area (Å²) in [5.41, 5.74) is 0. The van der Waals surface area contributed by atoms with Crippen molar-refractivity contribution in [1.29, 1.82) is 0 Å². The molecular formula is As2GaInO6. The van der Waals surface area contributed by atoms with Gasteiger partial charge in [0.2, 0.25) is 0 Å². The zero-order valence-electron chi connectivity index (χ0n) is 4.50. The molecule has 0 rings (SSSR count). The molecule has 52 valence electrons. The van der Waals surface area contributed by atoms with Crippen molar-refractivity contribution in [2.45, 2.75) is 0 Å². The molecule has 0 aromatic carbocycles. The van der Waals surface area contributed by atoms with E-state index in [1.165, 1.54) is 0 Å². The van der Waals surface area contributed by atoms with Crippen LogP contribution in [0.2, 0.25) is 0 Å². The van der Waals surface area contributed by atoms with Crippen molar-refractivity contribution in [3.8, 4) is 0 Å². The van der Waals surface area contributed by atoms with Gasteiger partial charge in [0.05, 0.1) is 0 Å². The molecule has 0 N–H and O–H groups in total. The summed E-state index contributed by atoms with van der Waals surface area (Å²) in [6, 6.07) is 0. The van der Waals surface area contributed by atoms with Gasteiger partial charge in [-0.05, 0) is 0 Å². The van der Waals surface area contributed by atoms with Crippen molar-refractivity contribution < 1.29 is 24.6 Å². The zero-order valence-corrected chi connectivity index (χ0v) is 14.0. The molecule has 0 saturated carbocycles. The Morgan fingerprint density at radius 3 is 0.600 bits per heavy atom. The van der Waals surface area contributed by atoms with Gasteiger partial charge >= 0.3 is 102 Å². The second-order valence-electron chi connectivity index (χ2n) is 0.447. The van der Waals surface area contributed by atoms with Crippen LogP contribution in [0.15, 0.2) is 0 Å². The van der Waals surface area contributed by atoms with Gasteiger partial charge in [-0.2, -0.15) is 0 Å². The third-order valence-corrected chi connectivity index (χ3v) is 0. The van der Waals surface area contributed by atoms with Crippen LogP contribution in [0.5, 0.6) is 0 Å². The van der Waals surface area contributed by atoms with E-state index >= 15 is 0 Å². The molecule has 0 saturated heterocycles. The number of hydrogen-bond donors (Lipinski definition) is 0. The molecular weight excluding hydrogens is 430 g/mol. The molecule has 10 heteroatoms. The first-order chi connectivity index (χ1) is 3.46. The third-order valence-electron chi connectivity index (χ3n) is 0. The topological polar surface area (TPSA) is 138 Å². The Kier molecular flexibility index (Phi) is 39.9. The predicted molar refractivity (Wildman–Crippen MR) is 23.0 cm³/mol. The molecule has 0 aliphatic heterocycles. The van der Waals surface area contributed by atoms with Crippen molar-refractivity contribution in [2.24, 2.45) is 0 Å². The Morgan fingerprint density at radius 1 is 0.600 bits per heavy atom. The SMILES string of the molecule is [Ga+3].[In+3].[O-][As]([O-])[O-].[O-][As]([O-])[O-]. The molecule has 0 aliphatic carbocycles. The van der Waals surface area contributed by atoms with Crippen molar-refractivity contribution in [1.82, 2.24) is 0 Å². The summed E-state index contributed by atoms with van der Waals surface area (Å²) in [5.74, 6) is 0. The molecule has 0 atom stereocenters. The van der Waals surface area contributed by atoms with E-state index in [1.54, 1.807) is 0 Å². The van der Waals surface area contributed by atoms with Crippen LogP contribution >= 0.6 is 0 Å². The first-order valence-electron chi connectivity index (χ1n) is 1.10. The van der Waals surface area contributed by atoms with Crippen LogP contribution in [0.4, 0.5) is 0 Å². The molecule has 0 heterocycles. The fourth-order valence-corrected chi connectivity index (χ4v) is 0. The minimum atomic E-state index is -3.94. The quantitative estimate of drug-likeness (QED) is 0.350. The Morgan fingerprint density at radius 2 is 0.600 bits per heavy atom. The van der Waals surface area contributed by atoms with Gasteiger partial charge in [0.25, 0.3) is 0 Å². The van der Waals surface area contributed by atoms with E-state index in [9.17, 15) is 0 Å². The molecule has 0 aliphatic rings. The monoisotopic (exact) mass is 430 g/mol. The summed E-state index contributed by atoms with van der Waals surface area (Å²) in [4.78, 5) is 0. The molecule has 0 spiro atoms. The minimum absolute atomic E-state index is 0. The third kappa shape index (κ3) is 161. The van der Waals surface area contributed by atoms with Gasteiger partial charge in [-0.15, -0.1) is 0 Å². The average Bonchev–Trinajstić information content (AvgIpc) is 1.25. The van der Waals surface area contributed by atoms with Crippen LogP contribution in [0.3, 0.4) is 0 Å². The molecule has 0 radical (unpaired) electrons. The second-order valence-corrected chi connectivity index (χ2v) is 2.32. The first kappa shape index (κ1) is 22.8. The summed E-state index contributed by atoms with van der Waals surface area (Å²) in [7, 11) is 0. The normalized spacial score (nSPS) is 7.20. The van der Waals surface area contributed by atoms with Crippen LogP contribution in [0.25, 0.3) is 0 Å². The van der Waals surface area contributed by atoms with Gasteiger partial charge in [0, 0.05) is 0 Å². The summed E-state index contributed by atoms with van der Waals surface area (Å²) in [5, 5.41) is 0. The molecule has 0 aromatic rings. The fraction of sp³-hybridized carbons (Fsp3) is 0. The summed E-state index contributed by atoms with van der Waals surface area (Å²) >= 11 is -7.88. The van der Waals surface area contributed by atoms with Crippen molar-refractivity contribution >= 4 is 77.0 Å². The molecule has 0 fully saturated rings. The molecule has 0 amide bonds. The van der Waals surface area contributed by atoms with Gasteiger partial charge in [-0.3, -0.25) is 0 Å². The maximum absolute atomic E-state index is 8.56. The molecule has 0 unspecified atom stereocenters. The van der Waals surface area contributed by atoms with Gasteiger partial charge < -0.3 is 0 Å². The first-order valence-corrected chi connectivity index (χ1v) is 5.69. The Hall–Kier alpha value is 2.38. The van der Waals surface area contributed by atoms with Crippen LogP contribution in [0.1, 0.15) is 0 Å². The summed E-state index contributed by atoms with van der Waals surface area (Å²) in [6.07, 6.45) is 0. The van der Waals surface area contributed by atoms with Gasteiger partial charge in [-0.25, -0.2) is 0 Å². The van der Waals surface area contributed by atoms with E-state index in [2.05, 4.69) is 0 Å². The molecule has 10 heavy (non-hydrogen) atoms. The second kappa shape index (κ2) is 17.5. The van der Waals surface area contributed by atoms with Crippen LogP contribution < -0.4 is 24.6 Å². The van der Waals surface area contributed by atoms with Gasteiger partial charge in [0.15, 0.2) is 0 Å². The zero-order chi connectivity index (χ0) is 7.15. The Balaban J connectivity index is -0.0000000300. The van der Waals surface area contributed by atoms with Gasteiger partial charge in [0.1, 0.15) is 0 Å². The number of rotatable bonds is 0. The van der Waals surface area contributed by atoms with Gasteiger partial charge in [-0.1, -0.05) is 0 Å². The predicted octanol–water partition coefficient (Wildman–Crippen LogP) is -8.66. The van der Waals surface area contributed by atoms with Crippen molar-refractivity contribution in [2.75, 3.05) is 0 Å². The van der Waals surface area contributed by atoms with E-state index in [-0.39, 0.29) is 45.6 Å². The van der Waals surface area contributed by atoms with E-state index in [0.29, 0.717) is 0 Å². The van der Waals surface area contributed by atoms with E-state index < -0.39 is 31.4 Å². The molecule has 6 nitrogen and oxygen atoms in total. The molecule has 0 bridgehead atoms. The summed E-state index contributed by atoms with van der Waals surface area (Å²) < 4.78 is 51.4. The van der Waals surface area contributed by atoms with Crippen LogP contribution in [-0.4, -0.2) is 77.0 Å². The van der Waals surface area contributed by atoms with Crippen LogP contribution in [-0.2, 0) is 0 Å². The summed E-state index contributed by atoms with van der Waals surface area (Å²) in [6.45, 7) is 0. The van der Waals surface area contributed by atoms with E-state index in [1.807, 2.05) is 0 Å². The van der Waals surface area contributed by atoms with E-state index in [0.717, 1.165) is 0 Å².